The van der Waals surface area contributed by atoms with Gasteiger partial charge < -0.3 is 5.73 Å². The molecule has 2 N–H and O–H groups in total. The number of pyridine rings is 1. The standard InChI is InChI=1S/C12H11FN2/c1-8-4-9(7-15-6-8)11-3-2-10(14)5-12(11)13/h2-7H,14H2,1H3. The molecule has 2 nitrogen and oxygen atoms in total. The molecule has 0 aliphatic rings. The van der Waals surface area contributed by atoms with E-state index in [0.29, 0.717) is 11.3 Å². The molecule has 0 spiro atoms. The lowest BCUT2D eigenvalue weighted by Crippen LogP contribution is -1.90. The summed E-state index contributed by atoms with van der Waals surface area (Å²) in [4.78, 5) is 4.03. The lowest BCUT2D eigenvalue weighted by Gasteiger charge is -2.04. The van der Waals surface area contributed by atoms with Gasteiger partial charge in [-0.15, -0.1) is 0 Å². The number of nitrogens with two attached hydrogens (primary N) is 1. The molecule has 1 aromatic carbocycles. The van der Waals surface area contributed by atoms with Crippen molar-refractivity contribution in [3.63, 3.8) is 0 Å². The highest BCUT2D eigenvalue weighted by Crippen LogP contribution is 2.24. The molecule has 1 aromatic heterocycles. The Balaban J connectivity index is 2.54. The molecular formula is C12H11FN2. The number of anilines is 1. The summed E-state index contributed by atoms with van der Waals surface area (Å²) in [5.74, 6) is -0.317. The third-order valence-corrected chi connectivity index (χ3v) is 2.18. The van der Waals surface area contributed by atoms with Crippen molar-refractivity contribution in [3.8, 4) is 11.1 Å². The topological polar surface area (TPSA) is 38.9 Å². The third kappa shape index (κ3) is 1.96. The number of hydrogen-bond acceptors (Lipinski definition) is 2. The zero-order chi connectivity index (χ0) is 10.8. The predicted molar refractivity (Wildman–Crippen MR) is 58.8 cm³/mol. The minimum absolute atomic E-state index is 0.317. The average molecular weight is 202 g/mol. The molecule has 0 radical (unpaired) electrons. The largest absolute Gasteiger partial charge is 0.399 e. The Morgan fingerprint density at radius 2 is 2.00 bits per heavy atom. The SMILES string of the molecule is Cc1cncc(-c2ccc(N)cc2F)c1. The lowest BCUT2D eigenvalue weighted by molar-refractivity contribution is 0.632. The van der Waals surface area contributed by atoms with Gasteiger partial charge in [-0.05, 0) is 36.8 Å². The van der Waals surface area contributed by atoms with Crippen molar-refractivity contribution in [2.45, 2.75) is 6.92 Å². The minimum Gasteiger partial charge on any atom is -0.399 e. The summed E-state index contributed by atoms with van der Waals surface area (Å²) < 4.78 is 13.6. The van der Waals surface area contributed by atoms with Gasteiger partial charge in [0.05, 0.1) is 0 Å². The van der Waals surface area contributed by atoms with Crippen molar-refractivity contribution in [3.05, 3.63) is 48.0 Å². The molecule has 76 valence electrons. The second-order valence-corrected chi connectivity index (χ2v) is 3.49. The van der Waals surface area contributed by atoms with Crippen LogP contribution in [0, 0.1) is 12.7 Å². The zero-order valence-electron chi connectivity index (χ0n) is 8.37. The van der Waals surface area contributed by atoms with Gasteiger partial charge in [-0.25, -0.2) is 4.39 Å². The average Bonchev–Trinajstić information content (AvgIpc) is 2.17. The van der Waals surface area contributed by atoms with Crippen LogP contribution >= 0.6 is 0 Å². The van der Waals surface area contributed by atoms with Crippen LogP contribution in [0.1, 0.15) is 5.56 Å². The van der Waals surface area contributed by atoms with E-state index in [2.05, 4.69) is 4.98 Å². The van der Waals surface area contributed by atoms with Crippen LogP contribution in [0.15, 0.2) is 36.7 Å². The quantitative estimate of drug-likeness (QED) is 0.722. The third-order valence-electron chi connectivity index (χ3n) is 2.18. The molecule has 0 aliphatic carbocycles. The first-order valence-corrected chi connectivity index (χ1v) is 4.64. The Kier molecular flexibility index (Phi) is 2.37. The fourth-order valence-electron chi connectivity index (χ4n) is 1.47. The molecular weight excluding hydrogens is 191 g/mol. The van der Waals surface area contributed by atoms with Crippen molar-refractivity contribution in [2.75, 3.05) is 5.73 Å². The van der Waals surface area contributed by atoms with Gasteiger partial charge in [0, 0.05) is 29.2 Å². The van der Waals surface area contributed by atoms with Crippen LogP contribution in [-0.4, -0.2) is 4.98 Å². The van der Waals surface area contributed by atoms with E-state index in [-0.39, 0.29) is 5.82 Å². The minimum atomic E-state index is -0.317. The van der Waals surface area contributed by atoms with E-state index in [1.54, 1.807) is 24.5 Å². The molecule has 0 aliphatic heterocycles. The predicted octanol–water partition coefficient (Wildman–Crippen LogP) is 2.78. The highest BCUT2D eigenvalue weighted by Gasteiger charge is 2.05. The Hall–Kier alpha value is -1.90. The van der Waals surface area contributed by atoms with Crippen LogP contribution in [0.2, 0.25) is 0 Å². The zero-order valence-corrected chi connectivity index (χ0v) is 8.37. The Labute approximate surface area is 87.6 Å². The van der Waals surface area contributed by atoms with Crippen molar-refractivity contribution in [2.24, 2.45) is 0 Å². The maximum Gasteiger partial charge on any atom is 0.133 e. The van der Waals surface area contributed by atoms with Crippen LogP contribution in [0.5, 0.6) is 0 Å². The second-order valence-electron chi connectivity index (χ2n) is 3.49. The van der Waals surface area contributed by atoms with E-state index in [0.717, 1.165) is 11.1 Å². The van der Waals surface area contributed by atoms with Gasteiger partial charge in [0.25, 0.3) is 0 Å². The Bertz CT molecular complexity index is 495. The van der Waals surface area contributed by atoms with Crippen LogP contribution in [-0.2, 0) is 0 Å². The maximum absolute atomic E-state index is 13.6. The fourth-order valence-corrected chi connectivity index (χ4v) is 1.47. The van der Waals surface area contributed by atoms with Gasteiger partial charge in [0.1, 0.15) is 5.82 Å². The van der Waals surface area contributed by atoms with Crippen LogP contribution in [0.25, 0.3) is 11.1 Å². The van der Waals surface area contributed by atoms with E-state index in [9.17, 15) is 4.39 Å². The monoisotopic (exact) mass is 202 g/mol. The first-order chi connectivity index (χ1) is 7.16. The van der Waals surface area contributed by atoms with E-state index in [1.807, 2.05) is 13.0 Å². The molecule has 0 fully saturated rings. The lowest BCUT2D eigenvalue weighted by atomic mass is 10.1. The molecule has 2 aromatic rings. The van der Waals surface area contributed by atoms with Gasteiger partial charge >= 0.3 is 0 Å². The van der Waals surface area contributed by atoms with Gasteiger partial charge in [-0.1, -0.05) is 0 Å². The number of hydrogen-bond donors (Lipinski definition) is 1. The molecule has 0 unspecified atom stereocenters. The Morgan fingerprint density at radius 3 is 2.67 bits per heavy atom. The van der Waals surface area contributed by atoms with E-state index in [4.69, 9.17) is 5.73 Å². The summed E-state index contributed by atoms with van der Waals surface area (Å²) >= 11 is 0. The Morgan fingerprint density at radius 1 is 1.20 bits per heavy atom. The number of aromatic nitrogens is 1. The van der Waals surface area contributed by atoms with Gasteiger partial charge in [0.15, 0.2) is 0 Å². The first-order valence-electron chi connectivity index (χ1n) is 4.64. The highest BCUT2D eigenvalue weighted by atomic mass is 19.1. The highest BCUT2D eigenvalue weighted by molar-refractivity contribution is 5.65. The molecule has 0 amide bonds. The van der Waals surface area contributed by atoms with E-state index < -0.39 is 0 Å². The van der Waals surface area contributed by atoms with E-state index in [1.165, 1.54) is 6.07 Å². The molecule has 2 rings (SSSR count). The first kappa shape index (κ1) is 9.65. The number of nitrogens with zero attached hydrogens (tertiary/aromatic N) is 1. The fraction of sp³-hybridized carbons (Fsp3) is 0.0833. The van der Waals surface area contributed by atoms with Crippen LogP contribution in [0.3, 0.4) is 0 Å². The smallest absolute Gasteiger partial charge is 0.133 e. The second kappa shape index (κ2) is 3.69. The summed E-state index contributed by atoms with van der Waals surface area (Å²) in [7, 11) is 0. The van der Waals surface area contributed by atoms with Gasteiger partial charge in [0.2, 0.25) is 0 Å². The molecule has 0 saturated heterocycles. The van der Waals surface area contributed by atoms with E-state index >= 15 is 0 Å². The van der Waals surface area contributed by atoms with Gasteiger partial charge in [-0.2, -0.15) is 0 Å². The van der Waals surface area contributed by atoms with Crippen LogP contribution < -0.4 is 5.73 Å². The maximum atomic E-state index is 13.6. The van der Waals surface area contributed by atoms with Crippen molar-refractivity contribution in [1.29, 1.82) is 0 Å². The number of rotatable bonds is 1. The summed E-state index contributed by atoms with van der Waals surface area (Å²) in [6.45, 7) is 1.92. The van der Waals surface area contributed by atoms with Crippen molar-refractivity contribution in [1.82, 2.24) is 4.98 Å². The normalized spacial score (nSPS) is 10.3. The van der Waals surface area contributed by atoms with Gasteiger partial charge in [-0.3, -0.25) is 4.98 Å². The summed E-state index contributed by atoms with van der Waals surface area (Å²) in [6.07, 6.45) is 3.38. The van der Waals surface area contributed by atoms with Crippen molar-refractivity contribution < 1.29 is 4.39 Å². The molecule has 0 saturated carbocycles. The number of benzene rings is 1. The number of halogens is 1. The number of aryl methyl sites for hydroxylation is 1. The molecule has 1 heterocycles. The van der Waals surface area contributed by atoms with Crippen molar-refractivity contribution >= 4 is 5.69 Å². The summed E-state index contributed by atoms with van der Waals surface area (Å²) in [5.41, 5.74) is 8.21. The molecule has 0 bridgehead atoms. The summed E-state index contributed by atoms with van der Waals surface area (Å²) in [6, 6.07) is 6.56. The van der Waals surface area contributed by atoms with Crippen LogP contribution in [0.4, 0.5) is 10.1 Å². The number of nitrogen functional groups attached to an aromatic ring is 1. The molecule has 15 heavy (non-hydrogen) atoms. The molecule has 3 heteroatoms. The molecule has 0 atom stereocenters. The summed E-state index contributed by atoms with van der Waals surface area (Å²) in [5, 5.41) is 0.